The number of ether oxygens (including phenoxy) is 1. The summed E-state index contributed by atoms with van der Waals surface area (Å²) in [6.45, 7) is 4.78. The molecule has 1 unspecified atom stereocenters. The first kappa shape index (κ1) is 17.4. The second kappa shape index (κ2) is 8.13. The number of aryl methyl sites for hydroxylation is 2. The molecule has 0 spiro atoms. The molecule has 1 saturated heterocycles. The third-order valence-corrected chi connectivity index (χ3v) is 6.13. The van der Waals surface area contributed by atoms with E-state index in [4.69, 9.17) is 9.72 Å². The highest BCUT2D eigenvalue weighted by Gasteiger charge is 2.28. The van der Waals surface area contributed by atoms with Crippen LogP contribution < -0.4 is 10.2 Å². The van der Waals surface area contributed by atoms with Gasteiger partial charge >= 0.3 is 0 Å². The molecular formula is C17H24N6O2S. The van der Waals surface area contributed by atoms with Crippen LogP contribution in [0.4, 0.5) is 5.13 Å². The number of carbonyl (C=O) groups is 1. The first-order chi connectivity index (χ1) is 12.8. The van der Waals surface area contributed by atoms with E-state index in [1.807, 2.05) is 6.20 Å². The van der Waals surface area contributed by atoms with Crippen LogP contribution in [0, 0.1) is 5.92 Å². The lowest BCUT2D eigenvalue weighted by molar-refractivity contribution is -0.125. The maximum Gasteiger partial charge on any atom is 0.223 e. The van der Waals surface area contributed by atoms with Crippen molar-refractivity contribution >= 4 is 22.4 Å². The average molecular weight is 376 g/mol. The van der Waals surface area contributed by atoms with Crippen molar-refractivity contribution in [1.82, 2.24) is 25.3 Å². The molecule has 1 amide bonds. The molecular weight excluding hydrogens is 352 g/mol. The summed E-state index contributed by atoms with van der Waals surface area (Å²) in [6.07, 6.45) is 6.97. The molecule has 1 aliphatic heterocycles. The van der Waals surface area contributed by atoms with Gasteiger partial charge in [0.15, 0.2) is 5.13 Å². The molecule has 26 heavy (non-hydrogen) atoms. The molecule has 4 rings (SSSR count). The van der Waals surface area contributed by atoms with E-state index < -0.39 is 0 Å². The predicted octanol–water partition coefficient (Wildman–Crippen LogP) is 0.883. The van der Waals surface area contributed by atoms with Gasteiger partial charge in [-0.15, -0.1) is 16.4 Å². The third kappa shape index (κ3) is 4.04. The number of carbonyl (C=O) groups excluding carboxylic acids is 1. The van der Waals surface area contributed by atoms with Gasteiger partial charge in [0, 0.05) is 49.6 Å². The number of nitrogens with zero attached hydrogens (tertiary/aromatic N) is 5. The van der Waals surface area contributed by atoms with Crippen LogP contribution in [-0.2, 0) is 28.9 Å². The molecule has 9 heteroatoms. The lowest BCUT2D eigenvalue weighted by Crippen LogP contribution is -2.36. The Balaban J connectivity index is 1.27. The monoisotopic (exact) mass is 376 g/mol. The number of nitrogens with one attached hydrogen (secondary N) is 1. The van der Waals surface area contributed by atoms with Crippen LogP contribution in [0.25, 0.3) is 0 Å². The summed E-state index contributed by atoms with van der Waals surface area (Å²) < 4.78 is 7.19. The molecule has 8 nitrogen and oxygen atoms in total. The van der Waals surface area contributed by atoms with Gasteiger partial charge in [0.25, 0.3) is 0 Å². The summed E-state index contributed by atoms with van der Waals surface area (Å²) in [5.41, 5.74) is 1.12. The van der Waals surface area contributed by atoms with E-state index >= 15 is 0 Å². The molecule has 1 fully saturated rings. The summed E-state index contributed by atoms with van der Waals surface area (Å²) in [6, 6.07) is 0. The van der Waals surface area contributed by atoms with Crippen LogP contribution in [0.2, 0.25) is 0 Å². The van der Waals surface area contributed by atoms with E-state index in [-0.39, 0.29) is 11.8 Å². The SMILES string of the molecule is O=C(NCCCn1ccnn1)C1CCc2sc(N3CCOCC3)nc2C1. The number of amides is 1. The highest BCUT2D eigenvalue weighted by Crippen LogP contribution is 2.34. The lowest BCUT2D eigenvalue weighted by atomic mass is 9.90. The molecule has 1 aliphatic carbocycles. The predicted molar refractivity (Wildman–Crippen MR) is 98.3 cm³/mol. The summed E-state index contributed by atoms with van der Waals surface area (Å²) >= 11 is 1.79. The van der Waals surface area contributed by atoms with Crippen LogP contribution in [0.15, 0.2) is 12.4 Å². The van der Waals surface area contributed by atoms with Gasteiger partial charge in [0.1, 0.15) is 0 Å². The Morgan fingerprint density at radius 2 is 2.27 bits per heavy atom. The zero-order chi connectivity index (χ0) is 17.8. The molecule has 0 aromatic carbocycles. The molecule has 0 saturated carbocycles. The van der Waals surface area contributed by atoms with E-state index in [0.29, 0.717) is 6.54 Å². The van der Waals surface area contributed by atoms with Crippen LogP contribution in [0.1, 0.15) is 23.4 Å². The van der Waals surface area contributed by atoms with Gasteiger partial charge < -0.3 is 15.0 Å². The normalized spacial score (nSPS) is 20.0. The minimum absolute atomic E-state index is 0.0357. The van der Waals surface area contributed by atoms with Gasteiger partial charge in [0.2, 0.25) is 5.91 Å². The van der Waals surface area contributed by atoms with Crippen molar-refractivity contribution in [3.8, 4) is 0 Å². The topological polar surface area (TPSA) is 85.2 Å². The van der Waals surface area contributed by atoms with Crippen molar-refractivity contribution < 1.29 is 9.53 Å². The van der Waals surface area contributed by atoms with Gasteiger partial charge in [0.05, 0.1) is 25.1 Å². The molecule has 0 radical (unpaired) electrons. The summed E-state index contributed by atoms with van der Waals surface area (Å²) in [7, 11) is 0. The summed E-state index contributed by atoms with van der Waals surface area (Å²) in [5, 5.41) is 11.9. The fourth-order valence-electron chi connectivity index (χ4n) is 3.43. The van der Waals surface area contributed by atoms with Crippen LogP contribution in [-0.4, -0.2) is 58.7 Å². The van der Waals surface area contributed by atoms with E-state index in [0.717, 1.165) is 69.4 Å². The number of hydrogen-bond acceptors (Lipinski definition) is 7. The second-order valence-electron chi connectivity index (χ2n) is 6.72. The van der Waals surface area contributed by atoms with Crippen molar-refractivity contribution in [3.63, 3.8) is 0 Å². The standard InChI is InChI=1S/C17H24N6O2S/c24-16(18-4-1-6-23-7-5-19-21-23)13-2-3-15-14(12-13)20-17(26-15)22-8-10-25-11-9-22/h5,7,13H,1-4,6,8-12H2,(H,18,24). The number of fused-ring (bicyclic) bond motifs is 1. The Bertz CT molecular complexity index is 726. The molecule has 3 heterocycles. The fourth-order valence-corrected chi connectivity index (χ4v) is 4.58. The van der Waals surface area contributed by atoms with Gasteiger partial charge in [-0.05, 0) is 19.3 Å². The van der Waals surface area contributed by atoms with Gasteiger partial charge in [-0.2, -0.15) is 0 Å². The van der Waals surface area contributed by atoms with Crippen molar-refractivity contribution in [3.05, 3.63) is 23.0 Å². The zero-order valence-corrected chi connectivity index (χ0v) is 15.6. The number of thiazole rings is 1. The average Bonchev–Trinajstić information content (AvgIpc) is 3.34. The minimum Gasteiger partial charge on any atom is -0.378 e. The Morgan fingerprint density at radius 1 is 1.38 bits per heavy atom. The first-order valence-corrected chi connectivity index (χ1v) is 10.0. The molecule has 2 aromatic heterocycles. The number of morpholine rings is 1. The molecule has 140 valence electrons. The molecule has 2 aliphatic rings. The van der Waals surface area contributed by atoms with Gasteiger partial charge in [-0.1, -0.05) is 5.21 Å². The molecule has 1 N–H and O–H groups in total. The van der Waals surface area contributed by atoms with Crippen molar-refractivity contribution in [2.45, 2.75) is 32.2 Å². The van der Waals surface area contributed by atoms with Crippen LogP contribution in [0.5, 0.6) is 0 Å². The van der Waals surface area contributed by atoms with E-state index in [1.165, 1.54) is 4.88 Å². The Morgan fingerprint density at radius 3 is 3.08 bits per heavy atom. The van der Waals surface area contributed by atoms with Crippen molar-refractivity contribution in [1.29, 1.82) is 0 Å². The molecule has 1 atom stereocenters. The molecule has 2 aromatic rings. The van der Waals surface area contributed by atoms with E-state index in [1.54, 1.807) is 22.2 Å². The van der Waals surface area contributed by atoms with Gasteiger partial charge in [-0.3, -0.25) is 9.48 Å². The Labute approximate surface area is 156 Å². The van der Waals surface area contributed by atoms with E-state index in [2.05, 4.69) is 20.5 Å². The highest BCUT2D eigenvalue weighted by atomic mass is 32.1. The largest absolute Gasteiger partial charge is 0.378 e. The molecule has 0 bridgehead atoms. The van der Waals surface area contributed by atoms with Crippen LogP contribution >= 0.6 is 11.3 Å². The Hall–Kier alpha value is -2.00. The summed E-state index contributed by atoms with van der Waals surface area (Å²) in [4.78, 5) is 21.0. The van der Waals surface area contributed by atoms with Crippen molar-refractivity contribution in [2.24, 2.45) is 5.92 Å². The fraction of sp³-hybridized carbons (Fsp3) is 0.647. The number of aromatic nitrogens is 4. The van der Waals surface area contributed by atoms with E-state index in [9.17, 15) is 4.79 Å². The number of anilines is 1. The number of hydrogen-bond donors (Lipinski definition) is 1. The zero-order valence-electron chi connectivity index (χ0n) is 14.8. The Kier molecular flexibility index (Phi) is 5.45. The lowest BCUT2D eigenvalue weighted by Gasteiger charge is -2.26. The number of rotatable bonds is 6. The first-order valence-electron chi connectivity index (χ1n) is 9.22. The van der Waals surface area contributed by atoms with Crippen LogP contribution in [0.3, 0.4) is 0 Å². The minimum atomic E-state index is 0.0357. The van der Waals surface area contributed by atoms with Gasteiger partial charge in [-0.25, -0.2) is 4.98 Å². The summed E-state index contributed by atoms with van der Waals surface area (Å²) in [5.74, 6) is 0.184. The quantitative estimate of drug-likeness (QED) is 0.754. The maximum absolute atomic E-state index is 12.5. The maximum atomic E-state index is 12.5. The second-order valence-corrected chi connectivity index (χ2v) is 7.78. The smallest absolute Gasteiger partial charge is 0.223 e. The highest BCUT2D eigenvalue weighted by molar-refractivity contribution is 7.15. The third-order valence-electron chi connectivity index (χ3n) is 4.91. The van der Waals surface area contributed by atoms with Crippen molar-refractivity contribution in [2.75, 3.05) is 37.7 Å².